The van der Waals surface area contributed by atoms with Crippen molar-refractivity contribution in [2.45, 2.75) is 91.6 Å². The lowest BCUT2D eigenvalue weighted by atomic mass is 9.52. The summed E-state index contributed by atoms with van der Waals surface area (Å²) in [5.41, 5.74) is 2.21. The van der Waals surface area contributed by atoms with Gasteiger partial charge >= 0.3 is 0 Å². The third-order valence-electron chi connectivity index (χ3n) is 8.99. The van der Waals surface area contributed by atoms with Crippen LogP contribution in [-0.2, 0) is 4.79 Å². The second-order valence-corrected chi connectivity index (χ2v) is 9.72. The van der Waals surface area contributed by atoms with Crippen molar-refractivity contribution in [1.82, 2.24) is 0 Å². The van der Waals surface area contributed by atoms with Crippen LogP contribution in [-0.4, -0.2) is 17.5 Å². The molecule has 3 rings (SSSR count). The van der Waals surface area contributed by atoms with Crippen molar-refractivity contribution >= 4 is 6.29 Å². The van der Waals surface area contributed by atoms with Gasteiger partial charge in [0.2, 0.25) is 0 Å². The fraction of sp³-hybridized carbons (Fsp3) is 0.870. The van der Waals surface area contributed by atoms with E-state index in [0.717, 1.165) is 50.2 Å². The van der Waals surface area contributed by atoms with E-state index >= 15 is 0 Å². The van der Waals surface area contributed by atoms with E-state index in [4.69, 9.17) is 0 Å². The number of aliphatic hydroxyl groups is 1. The molecule has 0 bridgehead atoms. The molecule has 0 aromatic rings. The maximum absolute atomic E-state index is 10.9. The summed E-state index contributed by atoms with van der Waals surface area (Å²) in [4.78, 5) is 10.9. The van der Waals surface area contributed by atoms with E-state index in [0.29, 0.717) is 17.3 Å². The standard InChI is InChI=1S/C23H38O2/c1-5-22(3)17(7-6-14-24)9-11-21(22)20-10-8-18-15-19(25)12-13-23(18,4)16(20)2/h8,14,16-17,19-21,25H,5-7,9-13,15H2,1-4H3. The highest BCUT2D eigenvalue weighted by molar-refractivity contribution is 5.49. The van der Waals surface area contributed by atoms with Crippen LogP contribution >= 0.6 is 0 Å². The van der Waals surface area contributed by atoms with Gasteiger partial charge in [-0.2, -0.15) is 0 Å². The molecule has 7 unspecified atom stereocenters. The molecule has 142 valence electrons. The van der Waals surface area contributed by atoms with E-state index in [-0.39, 0.29) is 11.5 Å². The first-order valence-corrected chi connectivity index (χ1v) is 10.7. The predicted octanol–water partition coefficient (Wildman–Crippen LogP) is 5.54. The zero-order valence-electron chi connectivity index (χ0n) is 16.8. The molecule has 0 amide bonds. The molecule has 7 atom stereocenters. The van der Waals surface area contributed by atoms with Crippen LogP contribution in [0.1, 0.15) is 85.5 Å². The van der Waals surface area contributed by atoms with E-state index < -0.39 is 0 Å². The van der Waals surface area contributed by atoms with Crippen molar-refractivity contribution in [3.05, 3.63) is 11.6 Å². The minimum Gasteiger partial charge on any atom is -0.393 e. The number of hydrogen-bond donors (Lipinski definition) is 1. The summed E-state index contributed by atoms with van der Waals surface area (Å²) in [6.07, 6.45) is 13.4. The maximum Gasteiger partial charge on any atom is 0.120 e. The van der Waals surface area contributed by atoms with Gasteiger partial charge in [-0.15, -0.1) is 0 Å². The molecule has 0 radical (unpaired) electrons. The van der Waals surface area contributed by atoms with Gasteiger partial charge in [0.15, 0.2) is 0 Å². The fourth-order valence-corrected chi connectivity index (χ4v) is 6.86. The highest BCUT2D eigenvalue weighted by atomic mass is 16.3. The minimum absolute atomic E-state index is 0.122. The van der Waals surface area contributed by atoms with Crippen LogP contribution in [0.5, 0.6) is 0 Å². The first kappa shape index (κ1) is 19.1. The molecule has 2 fully saturated rings. The topological polar surface area (TPSA) is 37.3 Å². The summed E-state index contributed by atoms with van der Waals surface area (Å²) in [5.74, 6) is 2.95. The summed E-state index contributed by atoms with van der Waals surface area (Å²) in [7, 11) is 0. The summed E-state index contributed by atoms with van der Waals surface area (Å²) < 4.78 is 0. The van der Waals surface area contributed by atoms with Crippen LogP contribution in [0.15, 0.2) is 11.6 Å². The third kappa shape index (κ3) is 3.13. The van der Waals surface area contributed by atoms with Crippen LogP contribution in [0, 0.1) is 34.5 Å². The van der Waals surface area contributed by atoms with Gasteiger partial charge in [-0.05, 0) is 79.4 Å². The van der Waals surface area contributed by atoms with E-state index in [1.807, 2.05) is 0 Å². The molecule has 0 heterocycles. The molecule has 25 heavy (non-hydrogen) atoms. The first-order valence-electron chi connectivity index (χ1n) is 10.7. The van der Waals surface area contributed by atoms with Crippen LogP contribution in [0.4, 0.5) is 0 Å². The Bertz CT molecular complexity index is 524. The Hall–Kier alpha value is -0.630. The molecule has 2 nitrogen and oxygen atoms in total. The number of fused-ring (bicyclic) bond motifs is 1. The van der Waals surface area contributed by atoms with Crippen LogP contribution in [0.25, 0.3) is 0 Å². The van der Waals surface area contributed by atoms with E-state index in [9.17, 15) is 9.90 Å². The molecular formula is C23H38O2. The Morgan fingerprint density at radius 2 is 2.04 bits per heavy atom. The minimum atomic E-state index is -0.122. The van der Waals surface area contributed by atoms with Crippen LogP contribution in [0.3, 0.4) is 0 Å². The molecule has 2 saturated carbocycles. The molecule has 3 aliphatic carbocycles. The second kappa shape index (κ2) is 7.18. The number of allylic oxidation sites excluding steroid dienone is 1. The Labute approximate surface area is 154 Å². The SMILES string of the molecule is CCC1(C)C(CCC=O)CCC1C1CC=C2CC(O)CCC2(C)C1C. The molecular weight excluding hydrogens is 308 g/mol. The average Bonchev–Trinajstić information content (AvgIpc) is 2.92. The van der Waals surface area contributed by atoms with Gasteiger partial charge in [0, 0.05) is 6.42 Å². The molecule has 0 aliphatic heterocycles. The largest absolute Gasteiger partial charge is 0.393 e. The number of rotatable bonds is 5. The predicted molar refractivity (Wildman–Crippen MR) is 103 cm³/mol. The van der Waals surface area contributed by atoms with Crippen molar-refractivity contribution in [1.29, 1.82) is 0 Å². The van der Waals surface area contributed by atoms with E-state index in [1.165, 1.54) is 31.3 Å². The quantitative estimate of drug-likeness (QED) is 0.524. The van der Waals surface area contributed by atoms with Gasteiger partial charge in [-0.3, -0.25) is 0 Å². The van der Waals surface area contributed by atoms with Gasteiger partial charge in [-0.25, -0.2) is 0 Å². The summed E-state index contributed by atoms with van der Waals surface area (Å²) in [5, 5.41) is 10.1. The number of carbonyl (C=O) groups is 1. The highest BCUT2D eigenvalue weighted by Gasteiger charge is 2.53. The van der Waals surface area contributed by atoms with E-state index in [2.05, 4.69) is 33.8 Å². The van der Waals surface area contributed by atoms with Crippen molar-refractivity contribution in [3.8, 4) is 0 Å². The smallest absolute Gasteiger partial charge is 0.120 e. The molecule has 0 aromatic heterocycles. The number of aldehydes is 1. The summed E-state index contributed by atoms with van der Waals surface area (Å²) in [6, 6.07) is 0. The Balaban J connectivity index is 1.83. The Morgan fingerprint density at radius 1 is 1.28 bits per heavy atom. The lowest BCUT2D eigenvalue weighted by Crippen LogP contribution is -2.45. The summed E-state index contributed by atoms with van der Waals surface area (Å²) in [6.45, 7) is 9.83. The van der Waals surface area contributed by atoms with Gasteiger partial charge in [-0.1, -0.05) is 45.8 Å². The number of carbonyl (C=O) groups excluding carboxylic acids is 1. The van der Waals surface area contributed by atoms with Crippen molar-refractivity contribution in [2.75, 3.05) is 0 Å². The number of aliphatic hydroxyl groups excluding tert-OH is 1. The molecule has 0 aromatic carbocycles. The molecule has 1 N–H and O–H groups in total. The van der Waals surface area contributed by atoms with Gasteiger partial charge in [0.25, 0.3) is 0 Å². The third-order valence-corrected chi connectivity index (χ3v) is 8.99. The van der Waals surface area contributed by atoms with Gasteiger partial charge < -0.3 is 9.90 Å². The van der Waals surface area contributed by atoms with Crippen LogP contribution < -0.4 is 0 Å². The lowest BCUT2D eigenvalue weighted by molar-refractivity contribution is -0.108. The fourth-order valence-electron chi connectivity index (χ4n) is 6.86. The molecule has 0 spiro atoms. The average molecular weight is 347 g/mol. The lowest BCUT2D eigenvalue weighted by Gasteiger charge is -2.53. The van der Waals surface area contributed by atoms with Crippen molar-refractivity contribution < 1.29 is 9.90 Å². The zero-order valence-corrected chi connectivity index (χ0v) is 16.8. The molecule has 0 saturated heterocycles. The first-order chi connectivity index (χ1) is 11.9. The Kier molecular flexibility index (Phi) is 5.49. The second-order valence-electron chi connectivity index (χ2n) is 9.72. The monoisotopic (exact) mass is 346 g/mol. The van der Waals surface area contributed by atoms with E-state index in [1.54, 1.807) is 0 Å². The summed E-state index contributed by atoms with van der Waals surface area (Å²) >= 11 is 0. The van der Waals surface area contributed by atoms with Crippen molar-refractivity contribution in [3.63, 3.8) is 0 Å². The Morgan fingerprint density at radius 3 is 2.72 bits per heavy atom. The van der Waals surface area contributed by atoms with Crippen LogP contribution in [0.2, 0.25) is 0 Å². The van der Waals surface area contributed by atoms with Crippen molar-refractivity contribution in [2.24, 2.45) is 34.5 Å². The number of hydrogen-bond acceptors (Lipinski definition) is 2. The highest BCUT2D eigenvalue weighted by Crippen LogP contribution is 2.61. The van der Waals surface area contributed by atoms with Gasteiger partial charge in [0.1, 0.15) is 6.29 Å². The van der Waals surface area contributed by atoms with Gasteiger partial charge in [0.05, 0.1) is 6.10 Å². The molecule has 2 heteroatoms. The molecule has 3 aliphatic rings. The maximum atomic E-state index is 10.9. The normalized spacial score (nSPS) is 47.2. The zero-order chi connectivity index (χ0) is 18.2.